The van der Waals surface area contributed by atoms with E-state index in [-0.39, 0.29) is 16.8 Å². The number of nitrogen functional groups attached to an aromatic ring is 1. The van der Waals surface area contributed by atoms with Crippen LogP contribution in [0.15, 0.2) is 4.47 Å². The first-order valence-electron chi connectivity index (χ1n) is 5.40. The number of anilines is 1. The summed E-state index contributed by atoms with van der Waals surface area (Å²) in [6.07, 6.45) is 4.31. The quantitative estimate of drug-likeness (QED) is 0.819. The summed E-state index contributed by atoms with van der Waals surface area (Å²) < 4.78 is 0.471. The molecule has 1 aliphatic carbocycles. The van der Waals surface area contributed by atoms with E-state index in [4.69, 9.17) is 22.4 Å². The number of nitrogens with zero attached hydrogens (tertiary/aromatic N) is 1. The molecule has 4 nitrogen and oxygen atoms in total. The van der Waals surface area contributed by atoms with E-state index in [1.807, 2.05) is 0 Å². The maximum atomic E-state index is 11.1. The molecule has 0 aromatic carbocycles. The van der Waals surface area contributed by atoms with Crippen molar-refractivity contribution in [2.75, 3.05) is 5.73 Å². The van der Waals surface area contributed by atoms with Crippen LogP contribution in [-0.4, -0.2) is 16.1 Å². The van der Waals surface area contributed by atoms with Gasteiger partial charge in [0.2, 0.25) is 0 Å². The van der Waals surface area contributed by atoms with Crippen molar-refractivity contribution in [3.63, 3.8) is 0 Å². The number of pyridine rings is 1. The van der Waals surface area contributed by atoms with Gasteiger partial charge >= 0.3 is 5.97 Å². The van der Waals surface area contributed by atoms with Crippen LogP contribution in [0, 0.1) is 0 Å². The number of carboxylic acid groups (broad SMARTS) is 1. The fourth-order valence-electron chi connectivity index (χ4n) is 2.32. The number of carbonyl (C=O) groups is 1. The Kier molecular flexibility index (Phi) is 3.58. The summed E-state index contributed by atoms with van der Waals surface area (Å²) in [4.78, 5) is 14.9. The highest BCUT2D eigenvalue weighted by Gasteiger charge is 2.27. The maximum absolute atomic E-state index is 11.1. The van der Waals surface area contributed by atoms with Gasteiger partial charge in [0.15, 0.2) is 10.8 Å². The third-order valence-corrected chi connectivity index (χ3v) is 4.22. The van der Waals surface area contributed by atoms with E-state index >= 15 is 0 Å². The minimum atomic E-state index is -1.10. The summed E-state index contributed by atoms with van der Waals surface area (Å²) in [6.45, 7) is 0. The van der Waals surface area contributed by atoms with Crippen molar-refractivity contribution in [3.05, 3.63) is 20.9 Å². The van der Waals surface area contributed by atoms with Crippen LogP contribution < -0.4 is 5.73 Å². The van der Waals surface area contributed by atoms with E-state index in [1.165, 1.54) is 0 Å². The molecular weight excluding hydrogens is 307 g/mol. The third kappa shape index (κ3) is 2.26. The Morgan fingerprint density at radius 1 is 1.47 bits per heavy atom. The van der Waals surface area contributed by atoms with Gasteiger partial charge in [0.25, 0.3) is 0 Å². The van der Waals surface area contributed by atoms with Gasteiger partial charge in [0.1, 0.15) is 0 Å². The average Bonchev–Trinajstić information content (AvgIpc) is 2.76. The molecule has 0 atom stereocenters. The molecule has 3 N–H and O–H groups in total. The second-order valence-corrected chi connectivity index (χ2v) is 5.33. The van der Waals surface area contributed by atoms with Gasteiger partial charge in [-0.25, -0.2) is 9.78 Å². The molecule has 1 aliphatic rings. The minimum absolute atomic E-state index is 0.0638. The number of carboxylic acids is 1. The Balaban J connectivity index is 2.59. The second kappa shape index (κ2) is 4.82. The lowest BCUT2D eigenvalue weighted by Crippen LogP contribution is -2.10. The average molecular weight is 320 g/mol. The molecule has 2 rings (SSSR count). The normalized spacial score (nSPS) is 16.4. The molecule has 1 aromatic rings. The molecule has 0 amide bonds. The van der Waals surface area contributed by atoms with Gasteiger partial charge in [-0.1, -0.05) is 24.4 Å². The van der Waals surface area contributed by atoms with Crippen LogP contribution in [0.25, 0.3) is 0 Å². The number of aromatic nitrogens is 1. The van der Waals surface area contributed by atoms with Gasteiger partial charge in [-0.3, -0.25) is 0 Å². The largest absolute Gasteiger partial charge is 0.476 e. The second-order valence-electron chi connectivity index (χ2n) is 4.18. The van der Waals surface area contributed by atoms with Crippen LogP contribution in [-0.2, 0) is 0 Å². The van der Waals surface area contributed by atoms with Gasteiger partial charge in [0.05, 0.1) is 10.2 Å². The van der Waals surface area contributed by atoms with Gasteiger partial charge in [-0.05, 0) is 40.3 Å². The molecule has 0 radical (unpaired) electrons. The van der Waals surface area contributed by atoms with Crippen molar-refractivity contribution in [2.45, 2.75) is 31.6 Å². The lowest BCUT2D eigenvalue weighted by molar-refractivity contribution is 0.0689. The van der Waals surface area contributed by atoms with Crippen LogP contribution in [0.4, 0.5) is 5.69 Å². The zero-order valence-electron chi connectivity index (χ0n) is 9.04. The maximum Gasteiger partial charge on any atom is 0.355 e. The monoisotopic (exact) mass is 318 g/mol. The van der Waals surface area contributed by atoms with Gasteiger partial charge in [0, 0.05) is 0 Å². The summed E-state index contributed by atoms with van der Waals surface area (Å²) >= 11 is 9.19. The third-order valence-electron chi connectivity index (χ3n) is 3.13. The van der Waals surface area contributed by atoms with Crippen LogP contribution >= 0.6 is 27.5 Å². The number of rotatable bonds is 2. The molecule has 1 aromatic heterocycles. The number of nitrogens with two attached hydrogens (primary N) is 1. The smallest absolute Gasteiger partial charge is 0.355 e. The van der Waals surface area contributed by atoms with E-state index in [0.717, 1.165) is 31.2 Å². The standard InChI is InChI=1S/C11H12BrClN2O2/c12-7-6(5-3-1-2-4-5)8(14)10(13)15-9(7)11(16)17/h5H,1-4,14H2,(H,16,17). The molecular formula is C11H12BrClN2O2. The highest BCUT2D eigenvalue weighted by molar-refractivity contribution is 9.10. The van der Waals surface area contributed by atoms with Crippen molar-refractivity contribution in [2.24, 2.45) is 0 Å². The van der Waals surface area contributed by atoms with Crippen molar-refractivity contribution in [3.8, 4) is 0 Å². The van der Waals surface area contributed by atoms with Crippen molar-refractivity contribution < 1.29 is 9.90 Å². The molecule has 0 saturated heterocycles. The summed E-state index contributed by atoms with van der Waals surface area (Å²) in [6, 6.07) is 0. The molecule has 1 fully saturated rings. The van der Waals surface area contributed by atoms with Crippen molar-refractivity contribution in [1.29, 1.82) is 0 Å². The van der Waals surface area contributed by atoms with Gasteiger partial charge < -0.3 is 10.8 Å². The lowest BCUT2D eigenvalue weighted by Gasteiger charge is -2.17. The van der Waals surface area contributed by atoms with Crippen molar-refractivity contribution in [1.82, 2.24) is 4.98 Å². The Morgan fingerprint density at radius 3 is 2.59 bits per heavy atom. The highest BCUT2D eigenvalue weighted by atomic mass is 79.9. The van der Waals surface area contributed by atoms with Crippen LogP contribution in [0.5, 0.6) is 0 Å². The Labute approximate surface area is 112 Å². The van der Waals surface area contributed by atoms with E-state index in [9.17, 15) is 4.79 Å². The molecule has 17 heavy (non-hydrogen) atoms. The molecule has 0 spiro atoms. The van der Waals surface area contributed by atoms with Crippen LogP contribution in [0.1, 0.15) is 47.7 Å². The van der Waals surface area contributed by atoms with Crippen molar-refractivity contribution >= 4 is 39.2 Å². The lowest BCUT2D eigenvalue weighted by atomic mass is 9.96. The fraction of sp³-hybridized carbons (Fsp3) is 0.455. The summed E-state index contributed by atoms with van der Waals surface area (Å²) in [7, 11) is 0. The SMILES string of the molecule is Nc1c(Cl)nc(C(=O)O)c(Br)c1C1CCCC1. The first-order chi connectivity index (χ1) is 8.02. The molecule has 1 heterocycles. The molecule has 0 bridgehead atoms. The predicted octanol–water partition coefficient (Wildman–Crippen LogP) is 3.44. The zero-order chi connectivity index (χ0) is 12.6. The van der Waals surface area contributed by atoms with E-state index in [1.54, 1.807) is 0 Å². The van der Waals surface area contributed by atoms with E-state index in [0.29, 0.717) is 10.2 Å². The number of hydrogen-bond acceptors (Lipinski definition) is 3. The van der Waals surface area contributed by atoms with E-state index < -0.39 is 5.97 Å². The predicted molar refractivity (Wildman–Crippen MR) is 69.5 cm³/mol. The van der Waals surface area contributed by atoms with Crippen LogP contribution in [0.3, 0.4) is 0 Å². The molecule has 92 valence electrons. The van der Waals surface area contributed by atoms with Gasteiger partial charge in [-0.2, -0.15) is 0 Å². The molecule has 0 aliphatic heterocycles. The summed E-state index contributed by atoms with van der Waals surface area (Å²) in [5.74, 6) is -0.819. The van der Waals surface area contributed by atoms with E-state index in [2.05, 4.69) is 20.9 Å². The number of aromatic carboxylic acids is 1. The first kappa shape index (κ1) is 12.6. The Bertz CT molecular complexity index is 473. The zero-order valence-corrected chi connectivity index (χ0v) is 11.4. The van der Waals surface area contributed by atoms with Crippen LogP contribution in [0.2, 0.25) is 5.15 Å². The Morgan fingerprint density at radius 2 is 2.06 bits per heavy atom. The Hall–Kier alpha value is -0.810. The minimum Gasteiger partial charge on any atom is -0.476 e. The number of hydrogen-bond donors (Lipinski definition) is 2. The number of halogens is 2. The topological polar surface area (TPSA) is 76.2 Å². The van der Waals surface area contributed by atoms with Gasteiger partial charge in [-0.15, -0.1) is 0 Å². The summed E-state index contributed by atoms with van der Waals surface area (Å²) in [5.41, 5.74) is 7.06. The highest BCUT2D eigenvalue weighted by Crippen LogP contribution is 2.43. The molecule has 1 saturated carbocycles. The first-order valence-corrected chi connectivity index (χ1v) is 6.57. The molecule has 0 unspecified atom stereocenters. The molecule has 6 heteroatoms. The fourth-order valence-corrected chi connectivity index (χ4v) is 3.30. The summed E-state index contributed by atoms with van der Waals surface area (Å²) in [5, 5.41) is 9.13.